The molecule has 88 valence electrons. The van der Waals surface area contributed by atoms with Crippen LogP contribution in [0.3, 0.4) is 0 Å². The summed E-state index contributed by atoms with van der Waals surface area (Å²) in [6.45, 7) is 3.04. The van der Waals surface area contributed by atoms with Crippen molar-refractivity contribution in [1.29, 1.82) is 0 Å². The highest BCUT2D eigenvalue weighted by atomic mass is 79.9. The molecule has 0 aromatic carbocycles. The summed E-state index contributed by atoms with van der Waals surface area (Å²) >= 11 is 3.35. The van der Waals surface area contributed by atoms with Gasteiger partial charge in [-0.2, -0.15) is 5.10 Å². The third-order valence-electron chi connectivity index (χ3n) is 2.69. The molecule has 1 aliphatic heterocycles. The lowest BCUT2D eigenvalue weighted by molar-refractivity contribution is -0.117. The van der Waals surface area contributed by atoms with Crippen LogP contribution in [0.15, 0.2) is 10.7 Å². The van der Waals surface area contributed by atoms with E-state index in [0.717, 1.165) is 17.4 Å². The van der Waals surface area contributed by atoms with Gasteiger partial charge in [0.25, 0.3) is 0 Å². The molecule has 0 radical (unpaired) electrons. The van der Waals surface area contributed by atoms with Gasteiger partial charge in [-0.1, -0.05) is 6.92 Å². The van der Waals surface area contributed by atoms with Crippen molar-refractivity contribution in [3.8, 4) is 0 Å². The fraction of sp³-hybridized carbons (Fsp3) is 0.600. The molecule has 1 saturated heterocycles. The molecule has 2 atom stereocenters. The second kappa shape index (κ2) is 4.55. The molecule has 0 bridgehead atoms. The van der Waals surface area contributed by atoms with E-state index in [9.17, 15) is 4.79 Å². The molecule has 2 rings (SSSR count). The van der Waals surface area contributed by atoms with Crippen LogP contribution in [0, 0.1) is 5.92 Å². The zero-order valence-electron chi connectivity index (χ0n) is 9.33. The molecule has 1 amide bonds. The Morgan fingerprint density at radius 2 is 2.50 bits per heavy atom. The summed E-state index contributed by atoms with van der Waals surface area (Å²) in [6, 6.07) is -0.0936. The quantitative estimate of drug-likeness (QED) is 0.857. The number of carbonyl (C=O) groups excluding carboxylic acids is 1. The van der Waals surface area contributed by atoms with Crippen molar-refractivity contribution < 1.29 is 4.79 Å². The molecule has 2 N–H and O–H groups in total. The third-order valence-corrected chi connectivity index (χ3v) is 3.27. The Bertz CT molecular complexity index is 404. The number of nitrogens with one attached hydrogen (secondary N) is 2. The van der Waals surface area contributed by atoms with Gasteiger partial charge in [0.15, 0.2) is 5.82 Å². The van der Waals surface area contributed by atoms with Crippen LogP contribution < -0.4 is 10.6 Å². The number of hydrogen-bond donors (Lipinski definition) is 2. The summed E-state index contributed by atoms with van der Waals surface area (Å²) in [4.78, 5) is 11.9. The van der Waals surface area contributed by atoms with Crippen LogP contribution in [0.2, 0.25) is 0 Å². The first-order valence-electron chi connectivity index (χ1n) is 5.29. The highest BCUT2D eigenvalue weighted by Gasteiger charge is 2.27. The second-order valence-corrected chi connectivity index (χ2v) is 5.14. The first-order valence-corrected chi connectivity index (χ1v) is 6.09. The van der Waals surface area contributed by atoms with Crippen molar-refractivity contribution in [2.75, 3.05) is 11.9 Å². The van der Waals surface area contributed by atoms with E-state index in [0.29, 0.717) is 11.7 Å². The summed E-state index contributed by atoms with van der Waals surface area (Å²) in [5, 5.41) is 10.2. The largest absolute Gasteiger partial charge is 0.307 e. The summed E-state index contributed by atoms with van der Waals surface area (Å²) in [5.41, 5.74) is 0. The van der Waals surface area contributed by atoms with Crippen molar-refractivity contribution in [2.45, 2.75) is 19.4 Å². The molecule has 1 aliphatic rings. The van der Waals surface area contributed by atoms with Gasteiger partial charge in [-0.25, -0.2) is 0 Å². The first kappa shape index (κ1) is 11.6. The average molecular weight is 287 g/mol. The fourth-order valence-electron chi connectivity index (χ4n) is 1.86. The molecular formula is C10H15BrN4O. The Hall–Kier alpha value is -0.880. The van der Waals surface area contributed by atoms with Crippen LogP contribution in [0.25, 0.3) is 0 Å². The predicted octanol–water partition coefficient (Wildman–Crippen LogP) is 1.12. The standard InChI is InChI=1S/C10H15BrN4O/c1-6-3-8(12-4-6)10(16)13-9-7(11)5-15(2)14-9/h5-6,8,12H,3-4H2,1-2H3,(H,13,14,16)/t6?,8-/m0/s1. The van der Waals surface area contributed by atoms with Gasteiger partial charge in [0.05, 0.1) is 10.5 Å². The lowest BCUT2D eigenvalue weighted by Gasteiger charge is -2.09. The van der Waals surface area contributed by atoms with Gasteiger partial charge in [0, 0.05) is 13.2 Å². The lowest BCUT2D eigenvalue weighted by atomic mass is 10.1. The Morgan fingerprint density at radius 3 is 3.00 bits per heavy atom. The van der Waals surface area contributed by atoms with E-state index in [2.05, 4.69) is 38.6 Å². The van der Waals surface area contributed by atoms with Crippen molar-refractivity contribution in [3.05, 3.63) is 10.7 Å². The number of carbonyl (C=O) groups is 1. The molecule has 6 heteroatoms. The van der Waals surface area contributed by atoms with Gasteiger partial charge in [0.1, 0.15) is 0 Å². The maximum atomic E-state index is 11.9. The molecule has 0 aliphatic carbocycles. The molecule has 16 heavy (non-hydrogen) atoms. The van der Waals surface area contributed by atoms with Crippen LogP contribution in [0.5, 0.6) is 0 Å². The van der Waals surface area contributed by atoms with Gasteiger partial charge in [-0.3, -0.25) is 9.48 Å². The third kappa shape index (κ3) is 2.44. The number of nitrogens with zero attached hydrogens (tertiary/aromatic N) is 2. The molecule has 2 heterocycles. The lowest BCUT2D eigenvalue weighted by Crippen LogP contribution is -2.35. The fourth-order valence-corrected chi connectivity index (χ4v) is 2.34. The van der Waals surface area contributed by atoms with E-state index in [4.69, 9.17) is 0 Å². The van der Waals surface area contributed by atoms with Crippen LogP contribution in [-0.4, -0.2) is 28.3 Å². The summed E-state index contributed by atoms with van der Waals surface area (Å²) < 4.78 is 2.46. The highest BCUT2D eigenvalue weighted by Crippen LogP contribution is 2.21. The second-order valence-electron chi connectivity index (χ2n) is 4.29. The van der Waals surface area contributed by atoms with Crippen LogP contribution in [-0.2, 0) is 11.8 Å². The Balaban J connectivity index is 1.99. The maximum Gasteiger partial charge on any atom is 0.242 e. The van der Waals surface area contributed by atoms with Crippen LogP contribution in [0.1, 0.15) is 13.3 Å². The summed E-state index contributed by atoms with van der Waals surface area (Å²) in [7, 11) is 1.82. The van der Waals surface area contributed by atoms with Gasteiger partial charge >= 0.3 is 0 Å². The van der Waals surface area contributed by atoms with E-state index in [1.807, 2.05) is 7.05 Å². The van der Waals surface area contributed by atoms with Crippen molar-refractivity contribution in [1.82, 2.24) is 15.1 Å². The smallest absolute Gasteiger partial charge is 0.242 e. The number of aromatic nitrogens is 2. The van der Waals surface area contributed by atoms with Crippen molar-refractivity contribution in [2.24, 2.45) is 13.0 Å². The molecule has 0 spiro atoms. The minimum atomic E-state index is -0.0936. The first-order chi connectivity index (χ1) is 7.56. The number of amides is 1. The van der Waals surface area contributed by atoms with Crippen molar-refractivity contribution >= 4 is 27.7 Å². The molecule has 1 aromatic rings. The Morgan fingerprint density at radius 1 is 1.75 bits per heavy atom. The number of hydrogen-bond acceptors (Lipinski definition) is 3. The number of rotatable bonds is 2. The summed E-state index contributed by atoms with van der Waals surface area (Å²) in [5.74, 6) is 1.13. The van der Waals surface area contributed by atoms with Crippen molar-refractivity contribution in [3.63, 3.8) is 0 Å². The average Bonchev–Trinajstić information content (AvgIpc) is 2.74. The predicted molar refractivity (Wildman–Crippen MR) is 65.1 cm³/mol. The number of aryl methyl sites for hydroxylation is 1. The van der Waals surface area contributed by atoms with E-state index in [1.165, 1.54) is 0 Å². The van der Waals surface area contributed by atoms with Crippen LogP contribution in [0.4, 0.5) is 5.82 Å². The van der Waals surface area contributed by atoms with Gasteiger partial charge < -0.3 is 10.6 Å². The van der Waals surface area contributed by atoms with Gasteiger partial charge in [-0.05, 0) is 34.8 Å². The molecule has 1 fully saturated rings. The molecular weight excluding hydrogens is 272 g/mol. The topological polar surface area (TPSA) is 59.0 Å². The normalized spacial score (nSPS) is 24.7. The molecule has 0 saturated carbocycles. The monoisotopic (exact) mass is 286 g/mol. The minimum Gasteiger partial charge on any atom is -0.307 e. The zero-order chi connectivity index (χ0) is 11.7. The highest BCUT2D eigenvalue weighted by molar-refractivity contribution is 9.10. The van der Waals surface area contributed by atoms with Gasteiger partial charge in [-0.15, -0.1) is 0 Å². The van der Waals surface area contributed by atoms with E-state index in [-0.39, 0.29) is 11.9 Å². The Labute approximate surface area is 103 Å². The maximum absolute atomic E-state index is 11.9. The van der Waals surface area contributed by atoms with E-state index >= 15 is 0 Å². The molecule has 5 nitrogen and oxygen atoms in total. The zero-order valence-corrected chi connectivity index (χ0v) is 10.9. The minimum absolute atomic E-state index is 0.0104. The molecule has 1 aromatic heterocycles. The van der Waals surface area contributed by atoms with E-state index in [1.54, 1.807) is 10.9 Å². The van der Waals surface area contributed by atoms with Crippen LogP contribution >= 0.6 is 15.9 Å². The Kier molecular flexibility index (Phi) is 3.30. The summed E-state index contributed by atoms with van der Waals surface area (Å²) in [6.07, 6.45) is 2.69. The number of anilines is 1. The number of halogens is 1. The van der Waals surface area contributed by atoms with Gasteiger partial charge in [0.2, 0.25) is 5.91 Å². The molecule has 1 unspecified atom stereocenters. The SMILES string of the molecule is CC1CN[C@H](C(=O)Nc2nn(C)cc2Br)C1. The van der Waals surface area contributed by atoms with E-state index < -0.39 is 0 Å².